The fourth-order valence-corrected chi connectivity index (χ4v) is 3.39. The van der Waals surface area contributed by atoms with E-state index in [9.17, 15) is 8.42 Å². The Morgan fingerprint density at radius 3 is 2.50 bits per heavy atom. The first kappa shape index (κ1) is 15.3. The molecule has 1 heterocycles. The summed E-state index contributed by atoms with van der Waals surface area (Å²) in [6.07, 6.45) is 2.04. The van der Waals surface area contributed by atoms with Crippen LogP contribution in [0.4, 0.5) is 0 Å². The third kappa shape index (κ3) is 4.19. The molecule has 1 aliphatic heterocycles. The second kappa shape index (κ2) is 7.06. The zero-order valence-electron chi connectivity index (χ0n) is 11.8. The van der Waals surface area contributed by atoms with Gasteiger partial charge in [0.05, 0.1) is 11.5 Å². The third-order valence-corrected chi connectivity index (χ3v) is 4.91. The van der Waals surface area contributed by atoms with E-state index in [1.165, 1.54) is 0 Å². The molecule has 0 radical (unpaired) electrons. The van der Waals surface area contributed by atoms with Gasteiger partial charge < -0.3 is 10.1 Å². The van der Waals surface area contributed by atoms with Crippen LogP contribution in [-0.2, 0) is 10.0 Å². The minimum absolute atomic E-state index is 0.287. The average Bonchev–Trinajstić information content (AvgIpc) is 2.47. The van der Waals surface area contributed by atoms with Crippen LogP contribution < -0.4 is 14.8 Å². The Balaban J connectivity index is 1.94. The lowest BCUT2D eigenvalue weighted by atomic mass is 9.99. The highest BCUT2D eigenvalue weighted by Gasteiger charge is 2.18. The first-order valence-electron chi connectivity index (χ1n) is 7.05. The van der Waals surface area contributed by atoms with Crippen LogP contribution in [0, 0.1) is 5.92 Å². The van der Waals surface area contributed by atoms with Gasteiger partial charge in [-0.05, 0) is 63.0 Å². The van der Waals surface area contributed by atoms with Gasteiger partial charge in [0.25, 0.3) is 0 Å². The molecule has 20 heavy (non-hydrogen) atoms. The van der Waals surface area contributed by atoms with Crippen molar-refractivity contribution in [3.63, 3.8) is 0 Å². The van der Waals surface area contributed by atoms with Crippen LogP contribution in [0.5, 0.6) is 5.75 Å². The Labute approximate surface area is 120 Å². The van der Waals surface area contributed by atoms with Crippen LogP contribution in [0.15, 0.2) is 29.2 Å². The number of nitrogens with one attached hydrogen (secondary N) is 2. The van der Waals surface area contributed by atoms with Crippen molar-refractivity contribution in [1.82, 2.24) is 10.0 Å². The normalized spacial score (nSPS) is 17.1. The van der Waals surface area contributed by atoms with Gasteiger partial charge in [0, 0.05) is 6.54 Å². The molecule has 2 N–H and O–H groups in total. The quantitative estimate of drug-likeness (QED) is 0.832. The van der Waals surface area contributed by atoms with Crippen molar-refractivity contribution in [2.45, 2.75) is 24.7 Å². The maximum Gasteiger partial charge on any atom is 0.240 e. The molecule has 1 aliphatic rings. The van der Waals surface area contributed by atoms with Crippen molar-refractivity contribution in [3.8, 4) is 5.75 Å². The number of rotatable bonds is 6. The second-order valence-electron chi connectivity index (χ2n) is 4.95. The lowest BCUT2D eigenvalue weighted by Gasteiger charge is -2.22. The van der Waals surface area contributed by atoms with Gasteiger partial charge in [0.15, 0.2) is 0 Å². The predicted octanol–water partition coefficient (Wildman–Crippen LogP) is 1.36. The zero-order chi connectivity index (χ0) is 14.4. The fourth-order valence-electron chi connectivity index (χ4n) is 2.28. The number of hydrogen-bond donors (Lipinski definition) is 2. The van der Waals surface area contributed by atoms with E-state index in [1.807, 2.05) is 6.92 Å². The molecule has 0 aromatic heterocycles. The van der Waals surface area contributed by atoms with E-state index in [-0.39, 0.29) is 4.90 Å². The van der Waals surface area contributed by atoms with Gasteiger partial charge in [-0.15, -0.1) is 0 Å². The molecule has 1 aromatic carbocycles. The van der Waals surface area contributed by atoms with Crippen molar-refractivity contribution in [3.05, 3.63) is 24.3 Å². The predicted molar refractivity (Wildman–Crippen MR) is 78.4 cm³/mol. The Kier molecular flexibility index (Phi) is 5.39. The smallest absolute Gasteiger partial charge is 0.240 e. The van der Waals surface area contributed by atoms with Gasteiger partial charge in [-0.25, -0.2) is 13.1 Å². The molecular weight excluding hydrogens is 276 g/mol. The summed E-state index contributed by atoms with van der Waals surface area (Å²) in [5.74, 6) is 1.11. The van der Waals surface area contributed by atoms with Gasteiger partial charge in [-0.3, -0.25) is 0 Å². The Bertz CT molecular complexity index is 508. The molecule has 1 aromatic rings. The van der Waals surface area contributed by atoms with E-state index in [2.05, 4.69) is 10.0 Å². The van der Waals surface area contributed by atoms with Crippen LogP contribution in [-0.4, -0.2) is 34.7 Å². The summed E-state index contributed by atoms with van der Waals surface area (Å²) in [6.45, 7) is 4.91. The highest BCUT2D eigenvalue weighted by molar-refractivity contribution is 7.89. The summed E-state index contributed by atoms with van der Waals surface area (Å²) < 4.78 is 32.4. The standard InChI is InChI=1S/C14H22N2O3S/c1-2-19-13-3-5-14(6-4-13)20(17,18)16-11-12-7-9-15-10-8-12/h3-6,12,15-16H,2,7-11H2,1H3. The molecule has 1 fully saturated rings. The van der Waals surface area contributed by atoms with E-state index < -0.39 is 10.0 Å². The average molecular weight is 298 g/mol. The molecule has 0 unspecified atom stereocenters. The van der Waals surface area contributed by atoms with Gasteiger partial charge in [0.1, 0.15) is 5.75 Å². The largest absolute Gasteiger partial charge is 0.494 e. The van der Waals surface area contributed by atoms with Gasteiger partial charge in [-0.2, -0.15) is 0 Å². The molecule has 0 spiro atoms. The van der Waals surface area contributed by atoms with E-state index in [4.69, 9.17) is 4.74 Å². The first-order valence-corrected chi connectivity index (χ1v) is 8.53. The number of piperidine rings is 1. The van der Waals surface area contributed by atoms with Crippen molar-refractivity contribution in [2.24, 2.45) is 5.92 Å². The second-order valence-corrected chi connectivity index (χ2v) is 6.72. The summed E-state index contributed by atoms with van der Waals surface area (Å²) in [5.41, 5.74) is 0. The molecule has 0 atom stereocenters. The number of sulfonamides is 1. The van der Waals surface area contributed by atoms with Crippen LogP contribution in [0.25, 0.3) is 0 Å². The van der Waals surface area contributed by atoms with E-state index in [0.29, 0.717) is 24.8 Å². The van der Waals surface area contributed by atoms with Gasteiger partial charge in [-0.1, -0.05) is 0 Å². The molecular formula is C14H22N2O3S. The van der Waals surface area contributed by atoms with Crippen LogP contribution in [0.2, 0.25) is 0 Å². The minimum atomic E-state index is -3.42. The van der Waals surface area contributed by atoms with E-state index in [1.54, 1.807) is 24.3 Å². The molecule has 1 saturated heterocycles. The number of benzene rings is 1. The minimum Gasteiger partial charge on any atom is -0.494 e. The van der Waals surface area contributed by atoms with Crippen LogP contribution in [0.3, 0.4) is 0 Å². The Morgan fingerprint density at radius 2 is 1.90 bits per heavy atom. The Morgan fingerprint density at radius 1 is 1.25 bits per heavy atom. The van der Waals surface area contributed by atoms with Crippen LogP contribution >= 0.6 is 0 Å². The van der Waals surface area contributed by atoms with Gasteiger partial charge >= 0.3 is 0 Å². The summed E-state index contributed by atoms with van der Waals surface area (Å²) in [4.78, 5) is 0.287. The molecule has 6 heteroatoms. The number of ether oxygens (including phenoxy) is 1. The molecule has 0 bridgehead atoms. The summed E-state index contributed by atoms with van der Waals surface area (Å²) in [6, 6.07) is 6.52. The highest BCUT2D eigenvalue weighted by atomic mass is 32.2. The van der Waals surface area contributed by atoms with Crippen LogP contribution in [0.1, 0.15) is 19.8 Å². The molecule has 112 valence electrons. The SMILES string of the molecule is CCOc1ccc(S(=O)(=O)NCC2CCNCC2)cc1. The summed E-state index contributed by atoms with van der Waals surface area (Å²) >= 11 is 0. The molecule has 2 rings (SSSR count). The summed E-state index contributed by atoms with van der Waals surface area (Å²) in [5, 5.41) is 3.27. The summed E-state index contributed by atoms with van der Waals surface area (Å²) in [7, 11) is -3.42. The maximum absolute atomic E-state index is 12.2. The van der Waals surface area contributed by atoms with E-state index in [0.717, 1.165) is 25.9 Å². The lowest BCUT2D eigenvalue weighted by Crippen LogP contribution is -2.35. The van der Waals surface area contributed by atoms with Crippen molar-refractivity contribution >= 4 is 10.0 Å². The first-order chi connectivity index (χ1) is 9.62. The number of hydrogen-bond acceptors (Lipinski definition) is 4. The molecule has 0 saturated carbocycles. The third-order valence-electron chi connectivity index (χ3n) is 3.47. The molecule has 5 nitrogen and oxygen atoms in total. The van der Waals surface area contributed by atoms with Crippen molar-refractivity contribution in [1.29, 1.82) is 0 Å². The van der Waals surface area contributed by atoms with Crippen molar-refractivity contribution in [2.75, 3.05) is 26.2 Å². The van der Waals surface area contributed by atoms with Crippen molar-refractivity contribution < 1.29 is 13.2 Å². The Hall–Kier alpha value is -1.11. The van der Waals surface area contributed by atoms with E-state index >= 15 is 0 Å². The zero-order valence-corrected chi connectivity index (χ0v) is 12.6. The molecule has 0 aliphatic carbocycles. The highest BCUT2D eigenvalue weighted by Crippen LogP contribution is 2.17. The fraction of sp³-hybridized carbons (Fsp3) is 0.571. The molecule has 0 amide bonds. The topological polar surface area (TPSA) is 67.4 Å². The monoisotopic (exact) mass is 298 g/mol. The maximum atomic E-state index is 12.2. The lowest BCUT2D eigenvalue weighted by molar-refractivity contribution is 0.340. The van der Waals surface area contributed by atoms with Gasteiger partial charge in [0.2, 0.25) is 10.0 Å².